The third kappa shape index (κ3) is 2.08. The van der Waals surface area contributed by atoms with E-state index in [9.17, 15) is 4.79 Å². The molecule has 0 unspecified atom stereocenters. The van der Waals surface area contributed by atoms with Gasteiger partial charge in [0.25, 0.3) is 0 Å². The van der Waals surface area contributed by atoms with Crippen molar-refractivity contribution < 1.29 is 4.79 Å². The van der Waals surface area contributed by atoms with E-state index in [-0.39, 0.29) is 5.54 Å². The van der Waals surface area contributed by atoms with Crippen LogP contribution in [-0.2, 0) is 4.79 Å². The Morgan fingerprint density at radius 2 is 2.12 bits per heavy atom. The van der Waals surface area contributed by atoms with Gasteiger partial charge < -0.3 is 9.80 Å². The van der Waals surface area contributed by atoms with Gasteiger partial charge in [0.15, 0.2) is 0 Å². The fourth-order valence-corrected chi connectivity index (χ4v) is 3.22. The van der Waals surface area contributed by atoms with Crippen LogP contribution < -0.4 is 5.32 Å². The van der Waals surface area contributed by atoms with Gasteiger partial charge in [-0.1, -0.05) is 12.8 Å². The van der Waals surface area contributed by atoms with Gasteiger partial charge in [0.2, 0.25) is 5.91 Å². The molecule has 2 saturated carbocycles. The van der Waals surface area contributed by atoms with Crippen LogP contribution in [0, 0.1) is 0 Å². The van der Waals surface area contributed by atoms with Crippen LogP contribution in [0.15, 0.2) is 0 Å². The Morgan fingerprint density at radius 3 is 2.76 bits per heavy atom. The zero-order valence-corrected chi connectivity index (χ0v) is 10.7. The molecule has 0 aromatic rings. The van der Waals surface area contributed by atoms with Crippen molar-refractivity contribution in [1.29, 1.82) is 0 Å². The maximum Gasteiger partial charge on any atom is 0.244 e. The molecular formula is C13H23N3O. The van der Waals surface area contributed by atoms with Crippen molar-refractivity contribution in [3.8, 4) is 0 Å². The average Bonchev–Trinajstić information content (AvgIpc) is 3.01. The molecule has 17 heavy (non-hydrogen) atoms. The van der Waals surface area contributed by atoms with E-state index in [1.54, 1.807) is 0 Å². The summed E-state index contributed by atoms with van der Waals surface area (Å²) in [5.41, 5.74) is -0.168. The number of carbonyl (C=O) groups excluding carboxylic acids is 1. The molecule has 0 radical (unpaired) electrons. The first-order chi connectivity index (χ1) is 8.21. The van der Waals surface area contributed by atoms with Crippen molar-refractivity contribution in [2.24, 2.45) is 0 Å². The van der Waals surface area contributed by atoms with Gasteiger partial charge >= 0.3 is 0 Å². The molecule has 0 atom stereocenters. The van der Waals surface area contributed by atoms with Crippen LogP contribution in [-0.4, -0.2) is 54.1 Å². The second-order valence-corrected chi connectivity index (χ2v) is 5.90. The summed E-state index contributed by atoms with van der Waals surface area (Å²) in [7, 11) is 2.18. The summed E-state index contributed by atoms with van der Waals surface area (Å²) in [6, 6.07) is 0.793. The van der Waals surface area contributed by atoms with Gasteiger partial charge in [0.1, 0.15) is 0 Å². The molecule has 1 aliphatic heterocycles. The van der Waals surface area contributed by atoms with Crippen molar-refractivity contribution in [3.63, 3.8) is 0 Å². The summed E-state index contributed by atoms with van der Waals surface area (Å²) < 4.78 is 0. The Morgan fingerprint density at radius 1 is 1.41 bits per heavy atom. The predicted molar refractivity (Wildman–Crippen MR) is 66.6 cm³/mol. The highest BCUT2D eigenvalue weighted by Crippen LogP contribution is 2.34. The highest BCUT2D eigenvalue weighted by Gasteiger charge is 2.47. The predicted octanol–water partition coefficient (Wildman–Crippen LogP) is 0.783. The van der Waals surface area contributed by atoms with Gasteiger partial charge in [-0.05, 0) is 32.7 Å². The lowest BCUT2D eigenvalue weighted by atomic mass is 9.98. The minimum atomic E-state index is -0.168. The third-order valence-electron chi connectivity index (χ3n) is 4.65. The van der Waals surface area contributed by atoms with Gasteiger partial charge in [-0.2, -0.15) is 0 Å². The van der Waals surface area contributed by atoms with Crippen LogP contribution in [0.1, 0.15) is 38.5 Å². The molecule has 0 aromatic carbocycles. The molecule has 1 saturated heterocycles. The quantitative estimate of drug-likeness (QED) is 0.785. The van der Waals surface area contributed by atoms with Gasteiger partial charge in [-0.15, -0.1) is 0 Å². The summed E-state index contributed by atoms with van der Waals surface area (Å²) in [5, 5.41) is 3.46. The van der Waals surface area contributed by atoms with Crippen molar-refractivity contribution in [2.45, 2.75) is 50.1 Å². The highest BCUT2D eigenvalue weighted by molar-refractivity contribution is 5.88. The van der Waals surface area contributed by atoms with Crippen LogP contribution in [0.25, 0.3) is 0 Å². The number of carbonyl (C=O) groups is 1. The number of hydrogen-bond donors (Lipinski definition) is 1. The Hall–Kier alpha value is -0.610. The summed E-state index contributed by atoms with van der Waals surface area (Å²) in [6.45, 7) is 2.67. The molecule has 1 heterocycles. The van der Waals surface area contributed by atoms with Crippen LogP contribution in [0.5, 0.6) is 0 Å². The van der Waals surface area contributed by atoms with Crippen molar-refractivity contribution in [3.05, 3.63) is 0 Å². The zero-order valence-electron chi connectivity index (χ0n) is 10.7. The van der Waals surface area contributed by atoms with Crippen LogP contribution in [0.3, 0.4) is 0 Å². The lowest BCUT2D eigenvalue weighted by molar-refractivity contribution is -0.132. The van der Waals surface area contributed by atoms with Crippen molar-refractivity contribution >= 4 is 5.91 Å². The molecule has 4 heteroatoms. The molecule has 2 aliphatic carbocycles. The number of nitrogens with zero attached hydrogens (tertiary/aromatic N) is 2. The topological polar surface area (TPSA) is 35.6 Å². The second-order valence-electron chi connectivity index (χ2n) is 5.90. The smallest absolute Gasteiger partial charge is 0.244 e. The van der Waals surface area contributed by atoms with Gasteiger partial charge in [-0.25, -0.2) is 0 Å². The normalized spacial score (nSPS) is 27.6. The standard InChI is InChI=1S/C13H23N3O/c1-15(11-4-5-11)8-9-16-10-14-13(12(16)17)6-2-3-7-13/h11,14H,2-10H2,1H3. The molecule has 3 aliphatic rings. The van der Waals surface area contributed by atoms with Crippen molar-refractivity contribution in [1.82, 2.24) is 15.1 Å². The first-order valence-corrected chi connectivity index (χ1v) is 6.96. The van der Waals surface area contributed by atoms with E-state index < -0.39 is 0 Å². The van der Waals surface area contributed by atoms with E-state index >= 15 is 0 Å². The summed E-state index contributed by atoms with van der Waals surface area (Å²) in [6.07, 6.45) is 7.17. The first-order valence-electron chi connectivity index (χ1n) is 6.96. The van der Waals surface area contributed by atoms with Crippen LogP contribution in [0.2, 0.25) is 0 Å². The molecule has 3 fully saturated rings. The Kier molecular flexibility index (Phi) is 2.87. The molecule has 0 aromatic heterocycles. The monoisotopic (exact) mass is 237 g/mol. The van der Waals surface area contributed by atoms with Crippen LogP contribution in [0.4, 0.5) is 0 Å². The third-order valence-corrected chi connectivity index (χ3v) is 4.65. The summed E-state index contributed by atoms with van der Waals surface area (Å²) in [5.74, 6) is 0.360. The number of rotatable bonds is 4. The zero-order chi connectivity index (χ0) is 11.9. The minimum absolute atomic E-state index is 0.168. The summed E-state index contributed by atoms with van der Waals surface area (Å²) in [4.78, 5) is 16.8. The van der Waals surface area contributed by atoms with E-state index in [0.29, 0.717) is 5.91 Å². The second kappa shape index (κ2) is 4.25. The molecular weight excluding hydrogens is 214 g/mol. The molecule has 0 bridgehead atoms. The molecule has 1 N–H and O–H groups in total. The number of nitrogens with one attached hydrogen (secondary N) is 1. The SMILES string of the molecule is CN(CCN1CNC2(CCCC2)C1=O)C1CC1. The van der Waals surface area contributed by atoms with E-state index in [0.717, 1.165) is 38.6 Å². The van der Waals surface area contributed by atoms with Gasteiger partial charge in [0, 0.05) is 19.1 Å². The van der Waals surface area contributed by atoms with Gasteiger partial charge in [0.05, 0.1) is 12.2 Å². The fourth-order valence-electron chi connectivity index (χ4n) is 3.22. The van der Waals surface area contributed by atoms with E-state index in [4.69, 9.17) is 0 Å². The maximum absolute atomic E-state index is 12.4. The average molecular weight is 237 g/mol. The number of hydrogen-bond acceptors (Lipinski definition) is 3. The lowest BCUT2D eigenvalue weighted by Crippen LogP contribution is -2.44. The fraction of sp³-hybridized carbons (Fsp3) is 0.923. The van der Waals surface area contributed by atoms with Crippen LogP contribution >= 0.6 is 0 Å². The molecule has 3 rings (SSSR count). The molecule has 1 spiro atoms. The Bertz CT molecular complexity index is 308. The first kappa shape index (κ1) is 11.5. The number of likely N-dealkylation sites (N-methyl/N-ethyl adjacent to an activating group) is 1. The van der Waals surface area contributed by atoms with E-state index in [2.05, 4.69) is 17.3 Å². The lowest BCUT2D eigenvalue weighted by Gasteiger charge is -2.23. The minimum Gasteiger partial charge on any atom is -0.327 e. The van der Waals surface area contributed by atoms with E-state index in [1.807, 2.05) is 4.90 Å². The van der Waals surface area contributed by atoms with E-state index in [1.165, 1.54) is 25.7 Å². The highest BCUT2D eigenvalue weighted by atomic mass is 16.2. The number of amides is 1. The maximum atomic E-state index is 12.4. The molecule has 4 nitrogen and oxygen atoms in total. The van der Waals surface area contributed by atoms with Crippen molar-refractivity contribution in [2.75, 3.05) is 26.8 Å². The Balaban J connectivity index is 1.53. The largest absolute Gasteiger partial charge is 0.327 e. The Labute approximate surface area is 103 Å². The molecule has 1 amide bonds. The summed E-state index contributed by atoms with van der Waals surface area (Å²) >= 11 is 0. The van der Waals surface area contributed by atoms with Gasteiger partial charge in [-0.3, -0.25) is 10.1 Å². The molecule has 96 valence electrons.